The van der Waals surface area contributed by atoms with E-state index in [0.29, 0.717) is 18.9 Å². The van der Waals surface area contributed by atoms with Crippen molar-refractivity contribution in [3.05, 3.63) is 70.0 Å². The molecule has 1 heterocycles. The summed E-state index contributed by atoms with van der Waals surface area (Å²) in [6, 6.07) is -0.440. The molecule has 0 spiro atoms. The van der Waals surface area contributed by atoms with E-state index in [1.54, 1.807) is 0 Å². The summed E-state index contributed by atoms with van der Waals surface area (Å²) in [5, 5.41) is -0.715. The fourth-order valence-electron chi connectivity index (χ4n) is 3.47. The van der Waals surface area contributed by atoms with Crippen LogP contribution >= 0.6 is 11.6 Å². The minimum absolute atomic E-state index is 0.121. The van der Waals surface area contributed by atoms with Gasteiger partial charge in [-0.15, -0.1) is 0 Å². The van der Waals surface area contributed by atoms with Gasteiger partial charge in [-0.25, -0.2) is 13.2 Å². The van der Waals surface area contributed by atoms with Crippen LogP contribution in [0.3, 0.4) is 0 Å². The van der Waals surface area contributed by atoms with Gasteiger partial charge in [-0.1, -0.05) is 24.9 Å². The van der Waals surface area contributed by atoms with Gasteiger partial charge in [0, 0.05) is 12.1 Å². The summed E-state index contributed by atoms with van der Waals surface area (Å²) in [6.45, 7) is 2.43. The summed E-state index contributed by atoms with van der Waals surface area (Å²) >= 11 is 5.89. The largest absolute Gasteiger partial charge is 0.431 e. The van der Waals surface area contributed by atoms with Crippen LogP contribution in [0, 0.1) is 23.4 Å². The Hall–Kier alpha value is -2.53. The molecule has 0 aliphatic carbocycles. The molecular weight excluding hydrogens is 500 g/mol. The molecule has 0 amide bonds. The van der Waals surface area contributed by atoms with Gasteiger partial charge in [-0.3, -0.25) is 0 Å². The fourth-order valence-corrected chi connectivity index (χ4v) is 3.79. The topological polar surface area (TPSA) is 27.7 Å². The lowest BCUT2D eigenvalue weighted by molar-refractivity contribution is -0.187. The van der Waals surface area contributed by atoms with Gasteiger partial charge in [0.1, 0.15) is 17.1 Å². The SMILES string of the molecule is CCC1CCC(c2cc(F)c(C(F)(F)Oc3cc(F)c(OC(F)=C(F)F)c(F)c3)c(Cl)c2)OC1. The van der Waals surface area contributed by atoms with Crippen molar-refractivity contribution in [2.75, 3.05) is 6.61 Å². The van der Waals surface area contributed by atoms with Crippen LogP contribution in [0.15, 0.2) is 36.4 Å². The zero-order valence-electron chi connectivity index (χ0n) is 17.4. The summed E-state index contributed by atoms with van der Waals surface area (Å²) in [5.74, 6) is -7.55. The molecule has 0 bridgehead atoms. The number of rotatable bonds is 7. The third-order valence-corrected chi connectivity index (χ3v) is 5.53. The van der Waals surface area contributed by atoms with Crippen molar-refractivity contribution >= 4 is 11.6 Å². The van der Waals surface area contributed by atoms with Gasteiger partial charge < -0.3 is 14.2 Å². The maximum atomic E-state index is 14.7. The Bertz CT molecular complexity index is 1030. The molecule has 1 aliphatic heterocycles. The van der Waals surface area contributed by atoms with Gasteiger partial charge in [-0.05, 0) is 36.5 Å². The summed E-state index contributed by atoms with van der Waals surface area (Å²) < 4.78 is 123. The molecule has 1 aliphatic rings. The van der Waals surface area contributed by atoms with E-state index in [-0.39, 0.29) is 17.7 Å². The van der Waals surface area contributed by atoms with E-state index in [2.05, 4.69) is 9.47 Å². The van der Waals surface area contributed by atoms with E-state index in [1.807, 2.05) is 6.92 Å². The molecule has 0 radical (unpaired) electrons. The van der Waals surface area contributed by atoms with E-state index < -0.39 is 63.8 Å². The van der Waals surface area contributed by atoms with Crippen LogP contribution in [0.5, 0.6) is 11.5 Å². The zero-order chi connectivity index (χ0) is 25.2. The third kappa shape index (κ3) is 5.75. The van der Waals surface area contributed by atoms with Crippen molar-refractivity contribution in [3.8, 4) is 11.5 Å². The van der Waals surface area contributed by atoms with E-state index in [0.717, 1.165) is 25.0 Å². The van der Waals surface area contributed by atoms with Crippen LogP contribution in [-0.4, -0.2) is 6.61 Å². The Labute approximate surface area is 193 Å². The van der Waals surface area contributed by atoms with Crippen LogP contribution in [0.4, 0.5) is 35.1 Å². The lowest BCUT2D eigenvalue weighted by Crippen LogP contribution is -2.25. The van der Waals surface area contributed by atoms with Gasteiger partial charge in [0.15, 0.2) is 11.6 Å². The maximum Gasteiger partial charge on any atom is 0.431 e. The summed E-state index contributed by atoms with van der Waals surface area (Å²) in [6.07, 6.45) is -5.80. The summed E-state index contributed by atoms with van der Waals surface area (Å²) in [5.41, 5.74) is -1.15. The Kier molecular flexibility index (Phi) is 7.97. The Morgan fingerprint density at radius 1 is 1.03 bits per heavy atom. The predicted octanol–water partition coefficient (Wildman–Crippen LogP) is 8.18. The molecule has 3 nitrogen and oxygen atoms in total. The number of ether oxygens (including phenoxy) is 3. The molecule has 0 aromatic heterocycles. The number of hydrogen-bond donors (Lipinski definition) is 0. The monoisotopic (exact) mass is 516 g/mol. The molecule has 12 heteroatoms. The molecule has 34 heavy (non-hydrogen) atoms. The quantitative estimate of drug-likeness (QED) is 0.274. The number of benzene rings is 2. The maximum absolute atomic E-state index is 14.7. The van der Waals surface area contributed by atoms with Crippen LogP contribution in [0.2, 0.25) is 5.02 Å². The average Bonchev–Trinajstić information content (AvgIpc) is 2.75. The fraction of sp³-hybridized carbons (Fsp3) is 0.364. The van der Waals surface area contributed by atoms with Crippen LogP contribution in [-0.2, 0) is 10.8 Å². The van der Waals surface area contributed by atoms with Crippen molar-refractivity contribution < 1.29 is 49.3 Å². The van der Waals surface area contributed by atoms with E-state index in [4.69, 9.17) is 16.3 Å². The van der Waals surface area contributed by atoms with Gasteiger partial charge >= 0.3 is 18.2 Å². The molecule has 1 saturated heterocycles. The first-order valence-electron chi connectivity index (χ1n) is 9.98. The predicted molar refractivity (Wildman–Crippen MR) is 105 cm³/mol. The molecular formula is C22H17ClF8O3. The highest BCUT2D eigenvalue weighted by atomic mass is 35.5. The van der Waals surface area contributed by atoms with Gasteiger partial charge in [0.25, 0.3) is 0 Å². The number of halogens is 9. The highest BCUT2D eigenvalue weighted by Gasteiger charge is 2.41. The number of alkyl halides is 2. The second-order valence-electron chi connectivity index (χ2n) is 7.50. The highest BCUT2D eigenvalue weighted by molar-refractivity contribution is 6.31. The van der Waals surface area contributed by atoms with Crippen molar-refractivity contribution in [1.82, 2.24) is 0 Å². The smallest absolute Gasteiger partial charge is 0.429 e. The molecule has 186 valence electrons. The van der Waals surface area contributed by atoms with Gasteiger partial charge in [0.05, 0.1) is 17.7 Å². The second kappa shape index (κ2) is 10.4. The minimum atomic E-state index is -4.50. The first-order chi connectivity index (χ1) is 15.9. The van der Waals surface area contributed by atoms with Crippen molar-refractivity contribution in [3.63, 3.8) is 0 Å². The first kappa shape index (κ1) is 26.1. The first-order valence-corrected chi connectivity index (χ1v) is 10.4. The molecule has 2 unspecified atom stereocenters. The lowest BCUT2D eigenvalue weighted by Gasteiger charge is -2.29. The van der Waals surface area contributed by atoms with Crippen molar-refractivity contribution in [2.45, 2.75) is 38.4 Å². The third-order valence-electron chi connectivity index (χ3n) is 5.23. The standard InChI is InChI=1S/C22H17ClF8O3/c1-2-10-3-4-17(32-9-10)11-5-13(23)18(14(24)6-11)22(30,31)34-12-7-15(25)19(16(26)8-12)33-21(29)20(27)28/h5-8,10,17H,2-4,9H2,1H3. The van der Waals surface area contributed by atoms with E-state index in [9.17, 15) is 35.1 Å². The van der Waals surface area contributed by atoms with Crippen molar-refractivity contribution in [2.24, 2.45) is 5.92 Å². The molecule has 0 N–H and O–H groups in total. The second-order valence-corrected chi connectivity index (χ2v) is 7.91. The molecule has 3 rings (SSSR count). The minimum Gasteiger partial charge on any atom is -0.429 e. The zero-order valence-corrected chi connectivity index (χ0v) is 18.2. The molecule has 2 aromatic rings. The normalized spacial score (nSPS) is 18.5. The average molecular weight is 517 g/mol. The van der Waals surface area contributed by atoms with E-state index in [1.165, 1.54) is 0 Å². The van der Waals surface area contributed by atoms with Crippen LogP contribution < -0.4 is 9.47 Å². The molecule has 2 atom stereocenters. The summed E-state index contributed by atoms with van der Waals surface area (Å²) in [4.78, 5) is 0. The molecule has 2 aromatic carbocycles. The van der Waals surface area contributed by atoms with Crippen LogP contribution in [0.1, 0.15) is 43.4 Å². The Morgan fingerprint density at radius 2 is 1.68 bits per heavy atom. The number of hydrogen-bond acceptors (Lipinski definition) is 3. The Morgan fingerprint density at radius 3 is 2.18 bits per heavy atom. The highest BCUT2D eigenvalue weighted by Crippen LogP contribution is 2.42. The molecule has 1 fully saturated rings. The van der Waals surface area contributed by atoms with Gasteiger partial charge in [0.2, 0.25) is 5.75 Å². The van der Waals surface area contributed by atoms with Gasteiger partial charge in [-0.2, -0.15) is 22.0 Å². The lowest BCUT2D eigenvalue weighted by atomic mass is 9.92. The Balaban J connectivity index is 1.84. The van der Waals surface area contributed by atoms with Crippen molar-refractivity contribution in [1.29, 1.82) is 0 Å². The van der Waals surface area contributed by atoms with Crippen LogP contribution in [0.25, 0.3) is 0 Å². The van der Waals surface area contributed by atoms with E-state index >= 15 is 0 Å². The summed E-state index contributed by atoms with van der Waals surface area (Å²) in [7, 11) is 0. The molecule has 0 saturated carbocycles.